The molecule has 1 aromatic carbocycles. The third-order valence-corrected chi connectivity index (χ3v) is 5.87. The fraction of sp³-hybridized carbons (Fsp3) is 0.333. The quantitative estimate of drug-likeness (QED) is 0.488. The number of nitrogens with one attached hydrogen (secondary N) is 3. The van der Waals surface area contributed by atoms with Crippen LogP contribution in [-0.2, 0) is 10.0 Å². The summed E-state index contributed by atoms with van der Waals surface area (Å²) in [6.07, 6.45) is 5.23. The lowest BCUT2D eigenvalue weighted by Gasteiger charge is -2.14. The van der Waals surface area contributed by atoms with Crippen LogP contribution in [0, 0.1) is 5.41 Å². The monoisotopic (exact) mass is 367 g/mol. The van der Waals surface area contributed by atoms with Gasteiger partial charge in [0, 0.05) is 23.0 Å². The molecule has 0 radical (unpaired) electrons. The van der Waals surface area contributed by atoms with E-state index in [-0.39, 0.29) is 16.9 Å². The molecule has 3 rings (SSSR count). The van der Waals surface area contributed by atoms with Crippen LogP contribution in [0.5, 0.6) is 0 Å². The highest BCUT2D eigenvalue weighted by atomic mass is 35.5. The molecule has 0 atom stereocenters. The van der Waals surface area contributed by atoms with Gasteiger partial charge in [0.25, 0.3) is 0 Å². The van der Waals surface area contributed by atoms with Crippen molar-refractivity contribution in [2.75, 3.05) is 5.32 Å². The Balaban J connectivity index is 2.04. The van der Waals surface area contributed by atoms with Crippen LogP contribution >= 0.6 is 11.6 Å². The molecule has 0 saturated heterocycles. The van der Waals surface area contributed by atoms with E-state index >= 15 is 0 Å². The summed E-state index contributed by atoms with van der Waals surface area (Å²) < 4.78 is 27.9. The van der Waals surface area contributed by atoms with Crippen molar-refractivity contribution in [2.24, 2.45) is 5.73 Å². The molecule has 24 heavy (non-hydrogen) atoms. The van der Waals surface area contributed by atoms with Gasteiger partial charge in [0.15, 0.2) is 5.96 Å². The molecule has 1 aliphatic carbocycles. The summed E-state index contributed by atoms with van der Waals surface area (Å²) in [7, 11) is -3.63. The van der Waals surface area contributed by atoms with Crippen LogP contribution in [0.1, 0.15) is 25.7 Å². The number of rotatable bonds is 4. The highest BCUT2D eigenvalue weighted by molar-refractivity contribution is 7.89. The number of nitrogens with zero attached hydrogens (tertiary/aromatic N) is 1. The Morgan fingerprint density at radius 3 is 2.67 bits per heavy atom. The first-order valence-corrected chi connectivity index (χ1v) is 9.44. The van der Waals surface area contributed by atoms with Gasteiger partial charge in [0.1, 0.15) is 5.82 Å². The van der Waals surface area contributed by atoms with Gasteiger partial charge in [-0.05, 0) is 25.0 Å². The average Bonchev–Trinajstić information content (AvgIpc) is 3.01. The summed E-state index contributed by atoms with van der Waals surface area (Å²) in [4.78, 5) is 4.23. The topological polar surface area (TPSA) is 121 Å². The summed E-state index contributed by atoms with van der Waals surface area (Å²) in [5.41, 5.74) is 5.35. The van der Waals surface area contributed by atoms with E-state index in [2.05, 4.69) is 15.0 Å². The molecule has 1 fully saturated rings. The summed E-state index contributed by atoms with van der Waals surface area (Å²) in [5, 5.41) is 11.5. The number of hydrogen-bond donors (Lipinski definition) is 4. The van der Waals surface area contributed by atoms with Crippen molar-refractivity contribution in [2.45, 2.75) is 36.6 Å². The molecular formula is C15H18ClN5O2S. The lowest BCUT2D eigenvalue weighted by Crippen LogP contribution is -2.32. The number of nitrogens with two attached hydrogens (primary N) is 1. The van der Waals surface area contributed by atoms with Crippen molar-refractivity contribution in [3.8, 4) is 0 Å². The molecule has 0 unspecified atom stereocenters. The minimum absolute atomic E-state index is 0.0157. The number of halogens is 1. The van der Waals surface area contributed by atoms with Crippen LogP contribution < -0.4 is 15.8 Å². The lowest BCUT2D eigenvalue weighted by atomic mass is 10.1. The molecule has 7 nitrogen and oxygen atoms in total. The molecule has 1 heterocycles. The minimum atomic E-state index is -3.63. The van der Waals surface area contributed by atoms with Crippen molar-refractivity contribution in [3.63, 3.8) is 0 Å². The molecule has 128 valence electrons. The van der Waals surface area contributed by atoms with E-state index in [0.29, 0.717) is 21.6 Å². The van der Waals surface area contributed by atoms with E-state index in [1.165, 1.54) is 18.3 Å². The molecule has 1 aliphatic rings. The Kier molecular flexibility index (Phi) is 4.62. The van der Waals surface area contributed by atoms with Gasteiger partial charge >= 0.3 is 0 Å². The van der Waals surface area contributed by atoms with E-state index in [4.69, 9.17) is 22.7 Å². The van der Waals surface area contributed by atoms with Crippen LogP contribution in [0.4, 0.5) is 5.82 Å². The fourth-order valence-electron chi connectivity index (χ4n) is 2.91. The van der Waals surface area contributed by atoms with Crippen LogP contribution in [-0.4, -0.2) is 25.4 Å². The normalized spacial score (nSPS) is 15.7. The summed E-state index contributed by atoms with van der Waals surface area (Å²) in [6.45, 7) is 0. The van der Waals surface area contributed by atoms with Crippen molar-refractivity contribution in [1.29, 1.82) is 5.41 Å². The van der Waals surface area contributed by atoms with Gasteiger partial charge in [0.05, 0.1) is 9.92 Å². The second kappa shape index (κ2) is 6.54. The lowest BCUT2D eigenvalue weighted by molar-refractivity contribution is 0.552. The maximum atomic E-state index is 12.6. The number of sulfonamides is 1. The zero-order valence-corrected chi connectivity index (χ0v) is 14.4. The number of anilines is 1. The van der Waals surface area contributed by atoms with Gasteiger partial charge in [-0.1, -0.05) is 30.5 Å². The molecule has 1 aromatic heterocycles. The third-order valence-electron chi connectivity index (χ3n) is 4.05. The van der Waals surface area contributed by atoms with Crippen LogP contribution in [0.2, 0.25) is 5.02 Å². The van der Waals surface area contributed by atoms with Crippen LogP contribution in [0.15, 0.2) is 29.3 Å². The van der Waals surface area contributed by atoms with Gasteiger partial charge < -0.3 is 11.1 Å². The first-order valence-electron chi connectivity index (χ1n) is 7.58. The number of aromatic nitrogens is 1. The molecule has 0 amide bonds. The summed E-state index contributed by atoms with van der Waals surface area (Å²) in [5.74, 6) is 0.00304. The molecule has 5 N–H and O–H groups in total. The van der Waals surface area contributed by atoms with Crippen molar-refractivity contribution in [3.05, 3.63) is 29.4 Å². The first-order chi connectivity index (χ1) is 11.4. The largest absolute Gasteiger partial charge is 0.370 e. The van der Waals surface area contributed by atoms with Crippen LogP contribution in [0.3, 0.4) is 0 Å². The summed E-state index contributed by atoms with van der Waals surface area (Å²) >= 11 is 6.13. The van der Waals surface area contributed by atoms with E-state index in [1.807, 2.05) is 0 Å². The molecule has 1 saturated carbocycles. The van der Waals surface area contributed by atoms with Crippen LogP contribution in [0.25, 0.3) is 10.8 Å². The molecule has 0 bridgehead atoms. The van der Waals surface area contributed by atoms with Crippen molar-refractivity contribution < 1.29 is 8.42 Å². The highest BCUT2D eigenvalue weighted by Gasteiger charge is 2.23. The van der Waals surface area contributed by atoms with Gasteiger partial charge in [-0.15, -0.1) is 0 Å². The Labute approximate surface area is 145 Å². The smallest absolute Gasteiger partial charge is 0.240 e. The second-order valence-electron chi connectivity index (χ2n) is 5.80. The van der Waals surface area contributed by atoms with Gasteiger partial charge in [-0.2, -0.15) is 0 Å². The van der Waals surface area contributed by atoms with E-state index < -0.39 is 10.0 Å². The predicted octanol–water partition coefficient (Wildman–Crippen LogP) is 2.41. The molecule has 2 aromatic rings. The predicted molar refractivity (Wildman–Crippen MR) is 94.9 cm³/mol. The Hall–Kier alpha value is -1.90. The zero-order valence-electron chi connectivity index (χ0n) is 12.8. The Morgan fingerprint density at radius 1 is 1.29 bits per heavy atom. The summed E-state index contributed by atoms with van der Waals surface area (Å²) in [6, 6.07) is 4.63. The number of guanidine groups is 1. The minimum Gasteiger partial charge on any atom is -0.370 e. The van der Waals surface area contributed by atoms with E-state index in [1.54, 1.807) is 6.07 Å². The number of benzene rings is 1. The maximum Gasteiger partial charge on any atom is 0.240 e. The number of fused-ring (bicyclic) bond motifs is 1. The molecule has 0 spiro atoms. The van der Waals surface area contributed by atoms with Crippen molar-refractivity contribution >= 4 is 44.2 Å². The maximum absolute atomic E-state index is 12.6. The Morgan fingerprint density at radius 2 is 2.00 bits per heavy atom. The van der Waals surface area contributed by atoms with E-state index in [9.17, 15) is 8.42 Å². The average molecular weight is 368 g/mol. The third kappa shape index (κ3) is 3.45. The second-order valence-corrected chi connectivity index (χ2v) is 7.92. The standard InChI is InChI=1S/C15H18ClN5O2S/c16-13-8-19-14(20-15(17)18)12-7-10(5-6-11(12)13)24(22,23)21-9-3-1-2-4-9/h5-9,21H,1-4H2,(H4,17,18,19,20). The number of hydrogen-bond acceptors (Lipinski definition) is 4. The first kappa shape index (κ1) is 16.9. The molecule has 0 aliphatic heterocycles. The molecule has 9 heteroatoms. The number of pyridine rings is 1. The highest BCUT2D eigenvalue weighted by Crippen LogP contribution is 2.30. The zero-order chi connectivity index (χ0) is 17.3. The van der Waals surface area contributed by atoms with Crippen molar-refractivity contribution in [1.82, 2.24) is 9.71 Å². The van der Waals surface area contributed by atoms with Gasteiger partial charge in [0.2, 0.25) is 10.0 Å². The fourth-order valence-corrected chi connectivity index (χ4v) is 4.46. The Bertz CT molecular complexity index is 894. The molecular weight excluding hydrogens is 350 g/mol. The SMILES string of the molecule is N=C(N)Nc1ncc(Cl)c2ccc(S(=O)(=O)NC3CCCC3)cc12. The van der Waals surface area contributed by atoms with Gasteiger partial charge in [-0.25, -0.2) is 18.1 Å². The van der Waals surface area contributed by atoms with E-state index in [0.717, 1.165) is 25.7 Å². The van der Waals surface area contributed by atoms with Gasteiger partial charge in [-0.3, -0.25) is 5.41 Å².